The molecule has 1 fully saturated rings. The number of likely N-dealkylation sites (tertiary alicyclic amines) is 1. The predicted molar refractivity (Wildman–Crippen MR) is 148 cm³/mol. The highest BCUT2D eigenvalue weighted by Gasteiger charge is 2.39. The molecular weight excluding hydrogens is 565 g/mol. The molecule has 14 heteroatoms. The lowest BCUT2D eigenvalue weighted by atomic mass is 9.79. The number of rotatable bonds is 7. The fourth-order valence-corrected chi connectivity index (χ4v) is 4.96. The molecule has 1 aliphatic heterocycles. The maximum absolute atomic E-state index is 13.4. The van der Waals surface area contributed by atoms with Crippen LogP contribution >= 0.6 is 23.2 Å². The molecule has 1 saturated heterocycles. The lowest BCUT2D eigenvalue weighted by Gasteiger charge is -2.44. The summed E-state index contributed by atoms with van der Waals surface area (Å²) in [7, 11) is 0. The zero-order valence-corrected chi connectivity index (χ0v) is 24.4. The molecule has 3 N–H and O–H groups in total. The smallest absolute Gasteiger partial charge is 0.465 e. The van der Waals surface area contributed by atoms with Crippen molar-refractivity contribution in [2.75, 3.05) is 11.9 Å². The van der Waals surface area contributed by atoms with Crippen molar-refractivity contribution in [1.29, 1.82) is 0 Å². The fourth-order valence-electron chi connectivity index (χ4n) is 4.39. The molecule has 218 valence electrons. The van der Waals surface area contributed by atoms with Gasteiger partial charge >= 0.3 is 12.2 Å². The van der Waals surface area contributed by atoms with E-state index in [1.165, 1.54) is 23.2 Å². The second-order valence-corrected chi connectivity index (χ2v) is 11.5. The molecule has 0 saturated carbocycles. The van der Waals surface area contributed by atoms with Crippen molar-refractivity contribution in [3.05, 3.63) is 45.7 Å². The van der Waals surface area contributed by atoms with Crippen LogP contribution in [0.5, 0.6) is 0 Å². The van der Waals surface area contributed by atoms with E-state index >= 15 is 0 Å². The lowest BCUT2D eigenvalue weighted by Crippen LogP contribution is -2.56. The van der Waals surface area contributed by atoms with E-state index in [1.807, 2.05) is 20.8 Å². The van der Waals surface area contributed by atoms with Crippen LogP contribution in [-0.4, -0.2) is 68.6 Å². The average Bonchev–Trinajstić information content (AvgIpc) is 3.24. The Morgan fingerprint density at radius 1 is 1.15 bits per heavy atom. The van der Waals surface area contributed by atoms with E-state index in [0.717, 1.165) is 4.68 Å². The van der Waals surface area contributed by atoms with Crippen molar-refractivity contribution in [3.63, 3.8) is 0 Å². The third-order valence-electron chi connectivity index (χ3n) is 6.24. The maximum Gasteiger partial charge on any atom is 0.510 e. The maximum atomic E-state index is 13.4. The van der Waals surface area contributed by atoms with Crippen molar-refractivity contribution < 1.29 is 33.8 Å². The second-order valence-electron chi connectivity index (χ2n) is 10.7. The molecule has 0 radical (unpaired) electrons. The van der Waals surface area contributed by atoms with Gasteiger partial charge in [0.05, 0.1) is 33.6 Å². The molecule has 1 aliphatic rings. The Kier molecular flexibility index (Phi) is 9.91. The molecule has 40 heavy (non-hydrogen) atoms. The zero-order chi connectivity index (χ0) is 29.8. The molecule has 1 aromatic heterocycles. The predicted octanol–water partition coefficient (Wildman–Crippen LogP) is 5.25. The van der Waals surface area contributed by atoms with Gasteiger partial charge in [-0.2, -0.15) is 5.10 Å². The third-order valence-corrected chi connectivity index (χ3v) is 6.87. The first-order valence-electron chi connectivity index (χ1n) is 12.6. The van der Waals surface area contributed by atoms with Gasteiger partial charge in [0.1, 0.15) is 0 Å². The molecular formula is C26H33Cl2N5O7. The van der Waals surface area contributed by atoms with Gasteiger partial charge < -0.3 is 30.1 Å². The SMILES string of the molecule is CC(C)OC(=O)OCn1cc(NC(=O)c2c(Cl)cccc2Cl)c(C(=O)NC2CCN(C(=O)O)C(C(C)(C)C)C2)n1. The molecule has 12 nitrogen and oxygen atoms in total. The summed E-state index contributed by atoms with van der Waals surface area (Å²) < 4.78 is 11.1. The van der Waals surface area contributed by atoms with Crippen molar-refractivity contribution in [2.45, 2.75) is 72.4 Å². The Hall–Kier alpha value is -3.51. The minimum Gasteiger partial charge on any atom is -0.465 e. The number of hydrogen-bond acceptors (Lipinski definition) is 7. The van der Waals surface area contributed by atoms with Crippen LogP contribution in [0.1, 0.15) is 68.3 Å². The van der Waals surface area contributed by atoms with Crippen LogP contribution < -0.4 is 10.6 Å². The van der Waals surface area contributed by atoms with Crippen LogP contribution in [0.25, 0.3) is 0 Å². The normalized spacial score (nSPS) is 17.4. The largest absolute Gasteiger partial charge is 0.510 e. The number of carbonyl (C=O) groups is 4. The quantitative estimate of drug-likeness (QED) is 0.366. The number of aromatic nitrogens is 2. The number of carbonyl (C=O) groups excluding carboxylic acids is 3. The molecule has 2 unspecified atom stereocenters. The van der Waals surface area contributed by atoms with Crippen LogP contribution in [0.3, 0.4) is 0 Å². The Morgan fingerprint density at radius 3 is 2.38 bits per heavy atom. The number of nitrogens with one attached hydrogen (secondary N) is 2. The summed E-state index contributed by atoms with van der Waals surface area (Å²) in [5, 5.41) is 19.6. The Morgan fingerprint density at radius 2 is 1.80 bits per heavy atom. The van der Waals surface area contributed by atoms with Gasteiger partial charge in [-0.25, -0.2) is 14.3 Å². The van der Waals surface area contributed by atoms with E-state index in [1.54, 1.807) is 19.9 Å². The number of hydrogen-bond donors (Lipinski definition) is 3. The number of ether oxygens (including phenoxy) is 2. The molecule has 3 rings (SSSR count). The summed E-state index contributed by atoms with van der Waals surface area (Å²) in [5.74, 6) is -1.28. The summed E-state index contributed by atoms with van der Waals surface area (Å²) in [6.45, 7) is 9.01. The minimum absolute atomic E-state index is 0.00997. The topological polar surface area (TPSA) is 152 Å². The second kappa shape index (κ2) is 12.8. The van der Waals surface area contributed by atoms with Gasteiger partial charge in [0.2, 0.25) is 0 Å². The summed E-state index contributed by atoms with van der Waals surface area (Å²) in [6.07, 6.45) is -0.224. The molecule has 0 aliphatic carbocycles. The summed E-state index contributed by atoms with van der Waals surface area (Å²) in [5.41, 5.74) is -0.477. The van der Waals surface area contributed by atoms with E-state index in [0.29, 0.717) is 12.8 Å². The molecule has 3 amide bonds. The molecule has 2 atom stereocenters. The van der Waals surface area contributed by atoms with Crippen molar-refractivity contribution in [3.8, 4) is 0 Å². The minimum atomic E-state index is -1.01. The summed E-state index contributed by atoms with van der Waals surface area (Å²) in [6, 6.07) is 3.91. The Bertz CT molecular complexity index is 1250. The standard InChI is InChI=1S/C26H33Cl2N5O7/c1-14(2)40-25(38)39-13-32-12-18(30-22(34)20-16(27)7-6-8-17(20)28)21(31-32)23(35)29-15-9-10-33(24(36)37)19(11-15)26(3,4)5/h6-8,12,14-15,19H,9-11,13H2,1-5H3,(H,29,35)(H,30,34)(H,36,37). The van der Waals surface area contributed by atoms with E-state index in [9.17, 15) is 24.3 Å². The molecule has 2 heterocycles. The van der Waals surface area contributed by atoms with Crippen molar-refractivity contribution >= 4 is 53.0 Å². The Labute approximate surface area is 241 Å². The highest BCUT2D eigenvalue weighted by Crippen LogP contribution is 2.32. The van der Waals surface area contributed by atoms with Gasteiger partial charge in [-0.15, -0.1) is 0 Å². The number of carboxylic acid groups (broad SMARTS) is 1. The monoisotopic (exact) mass is 597 g/mol. The van der Waals surface area contributed by atoms with Gasteiger partial charge in [-0.1, -0.05) is 50.0 Å². The zero-order valence-electron chi connectivity index (χ0n) is 22.9. The first-order chi connectivity index (χ1) is 18.7. The van der Waals surface area contributed by atoms with E-state index in [-0.39, 0.29) is 51.0 Å². The fraction of sp³-hybridized carbons (Fsp3) is 0.500. The van der Waals surface area contributed by atoms with Gasteiger partial charge in [-0.05, 0) is 44.2 Å². The van der Waals surface area contributed by atoms with Crippen molar-refractivity contribution in [1.82, 2.24) is 20.0 Å². The highest BCUT2D eigenvalue weighted by atomic mass is 35.5. The number of anilines is 1. The first kappa shape index (κ1) is 31.0. The highest BCUT2D eigenvalue weighted by molar-refractivity contribution is 6.40. The molecule has 2 aromatic rings. The van der Waals surface area contributed by atoms with Gasteiger partial charge in [0.15, 0.2) is 12.4 Å². The number of nitrogens with zero attached hydrogens (tertiary/aromatic N) is 3. The number of benzene rings is 1. The molecule has 0 bridgehead atoms. The van der Waals surface area contributed by atoms with E-state index in [2.05, 4.69) is 15.7 Å². The molecule has 0 spiro atoms. The van der Waals surface area contributed by atoms with Crippen LogP contribution in [0, 0.1) is 5.41 Å². The Balaban J connectivity index is 1.84. The van der Waals surface area contributed by atoms with Gasteiger partial charge in [0, 0.05) is 18.6 Å². The average molecular weight is 598 g/mol. The van der Waals surface area contributed by atoms with Crippen LogP contribution in [-0.2, 0) is 16.2 Å². The van der Waals surface area contributed by atoms with E-state index in [4.69, 9.17) is 32.7 Å². The van der Waals surface area contributed by atoms with E-state index < -0.39 is 36.9 Å². The van der Waals surface area contributed by atoms with Crippen molar-refractivity contribution in [2.24, 2.45) is 5.41 Å². The molecule has 1 aromatic carbocycles. The number of halogens is 2. The first-order valence-corrected chi connectivity index (χ1v) is 13.4. The van der Waals surface area contributed by atoms with Gasteiger partial charge in [-0.3, -0.25) is 9.59 Å². The van der Waals surface area contributed by atoms with Crippen LogP contribution in [0.15, 0.2) is 24.4 Å². The van der Waals surface area contributed by atoms with Gasteiger partial charge in [0.25, 0.3) is 11.8 Å². The lowest BCUT2D eigenvalue weighted by molar-refractivity contribution is 0.0132. The summed E-state index contributed by atoms with van der Waals surface area (Å²) in [4.78, 5) is 51.4. The van der Waals surface area contributed by atoms with Crippen LogP contribution in [0.4, 0.5) is 15.3 Å². The van der Waals surface area contributed by atoms with Crippen LogP contribution in [0.2, 0.25) is 10.0 Å². The summed E-state index contributed by atoms with van der Waals surface area (Å²) >= 11 is 12.3. The third kappa shape index (κ3) is 7.79. The number of amides is 3. The number of piperidine rings is 1.